The molecule has 0 radical (unpaired) electrons. The van der Waals surface area contributed by atoms with E-state index in [0.717, 1.165) is 11.6 Å². The summed E-state index contributed by atoms with van der Waals surface area (Å²) in [6.07, 6.45) is -4.58. The Morgan fingerprint density at radius 3 is 2.61 bits per heavy atom. The molecule has 0 saturated carbocycles. The molecule has 8 heteroatoms. The quantitative estimate of drug-likeness (QED) is 0.554. The highest BCUT2D eigenvalue weighted by Gasteiger charge is 2.33. The molecule has 0 aliphatic rings. The lowest BCUT2D eigenvalue weighted by atomic mass is 10.1. The highest BCUT2D eigenvalue weighted by atomic mass is 35.5. The molecule has 0 aliphatic heterocycles. The van der Waals surface area contributed by atoms with Crippen molar-refractivity contribution in [2.45, 2.75) is 19.7 Å². The molecule has 0 atom stereocenters. The summed E-state index contributed by atoms with van der Waals surface area (Å²) in [6, 6.07) is 12.8. The molecule has 0 spiro atoms. The Balaban J connectivity index is 1.67. The van der Waals surface area contributed by atoms with E-state index in [9.17, 15) is 18.0 Å². The Labute approximate surface area is 163 Å². The Morgan fingerprint density at radius 2 is 1.89 bits per heavy atom. The molecule has 0 saturated heterocycles. The third-order valence-corrected chi connectivity index (χ3v) is 4.30. The zero-order chi connectivity index (χ0) is 20.3. The van der Waals surface area contributed by atoms with Gasteiger partial charge in [-0.1, -0.05) is 23.7 Å². The first kappa shape index (κ1) is 19.8. The number of furan rings is 1. The summed E-state index contributed by atoms with van der Waals surface area (Å²) < 4.78 is 50.0. The van der Waals surface area contributed by atoms with Crippen molar-refractivity contribution in [1.82, 2.24) is 0 Å². The molecule has 0 unspecified atom stereocenters. The van der Waals surface area contributed by atoms with Gasteiger partial charge in [0.2, 0.25) is 0 Å². The number of carbonyl (C=O) groups excluding carboxylic acids is 1. The first-order valence-electron chi connectivity index (χ1n) is 8.19. The van der Waals surface area contributed by atoms with Crippen LogP contribution in [-0.4, -0.2) is 5.91 Å². The van der Waals surface area contributed by atoms with Crippen molar-refractivity contribution >= 4 is 23.2 Å². The molecule has 0 aliphatic carbocycles. The molecular formula is C20H15ClF3NO3. The molecule has 3 aromatic rings. The fourth-order valence-electron chi connectivity index (χ4n) is 2.46. The number of ether oxygens (including phenoxy) is 1. The number of nitrogens with one attached hydrogen (secondary N) is 1. The van der Waals surface area contributed by atoms with Gasteiger partial charge in [0.1, 0.15) is 18.1 Å². The minimum Gasteiger partial charge on any atom is -0.486 e. The summed E-state index contributed by atoms with van der Waals surface area (Å²) in [7, 11) is 0. The number of alkyl halides is 3. The molecule has 3 rings (SSSR count). The van der Waals surface area contributed by atoms with E-state index in [4.69, 9.17) is 20.8 Å². The van der Waals surface area contributed by atoms with Crippen LogP contribution in [0.25, 0.3) is 0 Å². The highest BCUT2D eigenvalue weighted by molar-refractivity contribution is 6.31. The van der Waals surface area contributed by atoms with Crippen LogP contribution in [0.5, 0.6) is 5.75 Å². The van der Waals surface area contributed by atoms with Gasteiger partial charge in [0.15, 0.2) is 5.76 Å². The number of para-hydroxylation sites is 1. The van der Waals surface area contributed by atoms with E-state index in [1.165, 1.54) is 30.3 Å². The monoisotopic (exact) mass is 409 g/mol. The van der Waals surface area contributed by atoms with Gasteiger partial charge in [0.25, 0.3) is 5.91 Å². The van der Waals surface area contributed by atoms with E-state index in [1.807, 2.05) is 6.92 Å². The van der Waals surface area contributed by atoms with Crippen LogP contribution in [0.1, 0.15) is 27.4 Å². The Kier molecular flexibility index (Phi) is 5.65. The Hall–Kier alpha value is -2.93. The molecule has 1 N–H and O–H groups in total. The number of rotatable bonds is 5. The molecule has 1 amide bonds. The molecular weight excluding hydrogens is 395 g/mol. The molecule has 1 heterocycles. The van der Waals surface area contributed by atoms with Gasteiger partial charge < -0.3 is 14.5 Å². The predicted molar refractivity (Wildman–Crippen MR) is 98.6 cm³/mol. The number of benzene rings is 2. The fraction of sp³-hybridized carbons (Fsp3) is 0.150. The Bertz CT molecular complexity index is 998. The molecule has 0 bridgehead atoms. The largest absolute Gasteiger partial charge is 0.486 e. The lowest BCUT2D eigenvalue weighted by molar-refractivity contribution is -0.136. The summed E-state index contributed by atoms with van der Waals surface area (Å²) in [5, 5.41) is 2.84. The van der Waals surface area contributed by atoms with Gasteiger partial charge in [-0.05, 0) is 55.0 Å². The topological polar surface area (TPSA) is 51.5 Å². The maximum atomic E-state index is 13.0. The molecule has 1 aromatic heterocycles. The van der Waals surface area contributed by atoms with Gasteiger partial charge in [-0.25, -0.2) is 0 Å². The third kappa shape index (κ3) is 4.67. The second kappa shape index (κ2) is 7.98. The minimum atomic E-state index is -4.58. The van der Waals surface area contributed by atoms with Crippen LogP contribution in [0, 0.1) is 6.92 Å². The van der Waals surface area contributed by atoms with Gasteiger partial charge in [0, 0.05) is 5.02 Å². The fourth-order valence-corrected chi connectivity index (χ4v) is 2.58. The predicted octanol–water partition coefficient (Wildman–Crippen LogP) is 6.09. The zero-order valence-corrected chi connectivity index (χ0v) is 15.4. The van der Waals surface area contributed by atoms with Gasteiger partial charge in [0.05, 0.1) is 11.3 Å². The van der Waals surface area contributed by atoms with Crippen molar-refractivity contribution in [1.29, 1.82) is 0 Å². The summed E-state index contributed by atoms with van der Waals surface area (Å²) >= 11 is 5.95. The molecule has 0 fully saturated rings. The van der Waals surface area contributed by atoms with Crippen molar-refractivity contribution in [3.8, 4) is 5.75 Å². The molecule has 4 nitrogen and oxygen atoms in total. The second-order valence-electron chi connectivity index (χ2n) is 5.96. The third-order valence-electron chi connectivity index (χ3n) is 3.88. The second-order valence-corrected chi connectivity index (χ2v) is 6.37. The van der Waals surface area contributed by atoms with E-state index >= 15 is 0 Å². The summed E-state index contributed by atoms with van der Waals surface area (Å²) in [6.45, 7) is 1.89. The van der Waals surface area contributed by atoms with Crippen molar-refractivity contribution in [3.63, 3.8) is 0 Å². The van der Waals surface area contributed by atoms with Crippen molar-refractivity contribution in [3.05, 3.63) is 82.3 Å². The maximum Gasteiger partial charge on any atom is 0.418 e. The summed E-state index contributed by atoms with van der Waals surface area (Å²) in [5.41, 5.74) is -0.426. The number of aryl methyl sites for hydroxylation is 1. The van der Waals surface area contributed by atoms with Crippen LogP contribution in [0.2, 0.25) is 5.02 Å². The SMILES string of the molecule is Cc1cc(OCc2ccc(C(=O)Nc3ccccc3C(F)(F)F)o2)ccc1Cl. The summed E-state index contributed by atoms with van der Waals surface area (Å²) in [5.74, 6) is 0.0124. The van der Waals surface area contributed by atoms with Gasteiger partial charge >= 0.3 is 6.18 Å². The van der Waals surface area contributed by atoms with Gasteiger partial charge in [-0.2, -0.15) is 13.2 Å². The van der Waals surface area contributed by atoms with Crippen molar-refractivity contribution in [2.75, 3.05) is 5.32 Å². The first-order chi connectivity index (χ1) is 13.2. The van der Waals surface area contributed by atoms with Crippen molar-refractivity contribution < 1.29 is 27.1 Å². The van der Waals surface area contributed by atoms with Crippen LogP contribution >= 0.6 is 11.6 Å². The van der Waals surface area contributed by atoms with E-state index in [-0.39, 0.29) is 18.1 Å². The van der Waals surface area contributed by atoms with E-state index < -0.39 is 17.6 Å². The van der Waals surface area contributed by atoms with Crippen LogP contribution in [0.3, 0.4) is 0 Å². The number of amides is 1. The standard InChI is InChI=1S/C20H15ClF3NO3/c1-12-10-13(6-8-16(12)21)27-11-14-7-9-18(28-14)19(26)25-17-5-3-2-4-15(17)20(22,23)24/h2-10H,11H2,1H3,(H,25,26). The summed E-state index contributed by atoms with van der Waals surface area (Å²) in [4.78, 5) is 12.2. The van der Waals surface area contributed by atoms with E-state index in [2.05, 4.69) is 5.32 Å². The number of halogens is 4. The number of anilines is 1. The average molecular weight is 410 g/mol. The molecule has 28 heavy (non-hydrogen) atoms. The molecule has 2 aromatic carbocycles. The average Bonchev–Trinajstić information content (AvgIpc) is 3.11. The highest BCUT2D eigenvalue weighted by Crippen LogP contribution is 2.34. The van der Waals surface area contributed by atoms with Crippen LogP contribution < -0.4 is 10.1 Å². The van der Waals surface area contributed by atoms with E-state index in [0.29, 0.717) is 16.5 Å². The Morgan fingerprint density at radius 1 is 1.14 bits per heavy atom. The number of hydrogen-bond donors (Lipinski definition) is 1. The first-order valence-corrected chi connectivity index (χ1v) is 8.57. The minimum absolute atomic E-state index is 0.0491. The number of carbonyl (C=O) groups is 1. The van der Waals surface area contributed by atoms with Crippen LogP contribution in [0.15, 0.2) is 59.0 Å². The van der Waals surface area contributed by atoms with Gasteiger partial charge in [-0.15, -0.1) is 0 Å². The molecule has 146 valence electrons. The van der Waals surface area contributed by atoms with E-state index in [1.54, 1.807) is 18.2 Å². The lowest BCUT2D eigenvalue weighted by Gasteiger charge is -2.12. The van der Waals surface area contributed by atoms with Crippen LogP contribution in [-0.2, 0) is 12.8 Å². The number of hydrogen-bond acceptors (Lipinski definition) is 3. The lowest BCUT2D eigenvalue weighted by Crippen LogP contribution is -2.16. The zero-order valence-electron chi connectivity index (χ0n) is 14.6. The maximum absolute atomic E-state index is 13.0. The van der Waals surface area contributed by atoms with Crippen LogP contribution in [0.4, 0.5) is 18.9 Å². The van der Waals surface area contributed by atoms with Crippen molar-refractivity contribution in [2.24, 2.45) is 0 Å². The smallest absolute Gasteiger partial charge is 0.418 e. The normalized spacial score (nSPS) is 11.3. The van der Waals surface area contributed by atoms with Gasteiger partial charge in [-0.3, -0.25) is 4.79 Å².